The van der Waals surface area contributed by atoms with Crippen LogP contribution in [-0.4, -0.2) is 27.1 Å². The molecular formula is C23H18N4O6. The smallest absolute Gasteiger partial charge is 0.315 e. The second-order valence-electron chi connectivity index (χ2n) is 7.79. The largest absolute Gasteiger partial charge is 0.502 e. The van der Waals surface area contributed by atoms with Crippen molar-refractivity contribution < 1.29 is 19.2 Å². The normalized spacial score (nSPS) is 13.5. The summed E-state index contributed by atoms with van der Waals surface area (Å²) >= 11 is 0. The Morgan fingerprint density at radius 3 is 2.85 bits per heavy atom. The van der Waals surface area contributed by atoms with Crippen LogP contribution in [0.2, 0.25) is 0 Å². The van der Waals surface area contributed by atoms with Crippen LogP contribution < -0.4 is 11.0 Å². The highest BCUT2D eigenvalue weighted by Gasteiger charge is 2.27. The molecule has 0 saturated heterocycles. The van der Waals surface area contributed by atoms with E-state index in [-0.39, 0.29) is 11.1 Å². The van der Waals surface area contributed by atoms with Crippen LogP contribution in [0.25, 0.3) is 21.9 Å². The molecule has 1 amide bonds. The van der Waals surface area contributed by atoms with Crippen molar-refractivity contribution in [1.82, 2.24) is 10.4 Å². The maximum absolute atomic E-state index is 12.7. The number of phenols is 1. The number of furan rings is 1. The first-order valence-electron chi connectivity index (χ1n) is 10.3. The third-order valence-corrected chi connectivity index (χ3v) is 5.79. The number of nitrogens with one attached hydrogen (secondary N) is 2. The maximum atomic E-state index is 12.7. The van der Waals surface area contributed by atoms with Gasteiger partial charge in [0.25, 0.3) is 5.91 Å². The van der Waals surface area contributed by atoms with E-state index in [1.807, 2.05) is 0 Å². The van der Waals surface area contributed by atoms with Gasteiger partial charge in [-0.05, 0) is 25.3 Å². The van der Waals surface area contributed by atoms with Crippen LogP contribution in [0.3, 0.4) is 0 Å². The fraction of sp³-hybridized carbons (Fsp3) is 0.174. The SMILES string of the molecule is O=C(N/N=C/c1c(O)c([N+](=O)[O-])cc2oc3c(c12)CCCC3)c1cc(=O)[nH]c2ccccc12. The van der Waals surface area contributed by atoms with Crippen LogP contribution in [-0.2, 0) is 12.8 Å². The number of nitrogens with zero attached hydrogens (tertiary/aromatic N) is 2. The summed E-state index contributed by atoms with van der Waals surface area (Å²) in [7, 11) is 0. The number of benzene rings is 2. The van der Waals surface area contributed by atoms with E-state index in [1.165, 1.54) is 18.3 Å². The highest BCUT2D eigenvalue weighted by atomic mass is 16.6. The quantitative estimate of drug-likeness (QED) is 0.248. The van der Waals surface area contributed by atoms with E-state index in [1.54, 1.807) is 24.3 Å². The second-order valence-corrected chi connectivity index (χ2v) is 7.79. The molecule has 0 unspecified atom stereocenters. The minimum absolute atomic E-state index is 0.0992. The summed E-state index contributed by atoms with van der Waals surface area (Å²) in [5, 5.41) is 27.1. The third kappa shape index (κ3) is 3.51. The number of fused-ring (bicyclic) bond motifs is 4. The number of carbonyl (C=O) groups is 1. The number of aromatic nitrogens is 1. The number of amides is 1. The Morgan fingerprint density at radius 1 is 1.24 bits per heavy atom. The van der Waals surface area contributed by atoms with Crippen molar-refractivity contribution >= 4 is 39.7 Å². The van der Waals surface area contributed by atoms with E-state index in [4.69, 9.17) is 4.42 Å². The third-order valence-electron chi connectivity index (χ3n) is 5.79. The van der Waals surface area contributed by atoms with E-state index in [0.717, 1.165) is 24.2 Å². The lowest BCUT2D eigenvalue weighted by molar-refractivity contribution is -0.385. The zero-order valence-electron chi connectivity index (χ0n) is 17.3. The number of phenolic OH excluding ortho intramolecular Hbond substituents is 1. The van der Waals surface area contributed by atoms with Crippen molar-refractivity contribution in [2.24, 2.45) is 5.10 Å². The first kappa shape index (κ1) is 20.4. The molecule has 0 bridgehead atoms. The van der Waals surface area contributed by atoms with Crippen LogP contribution >= 0.6 is 0 Å². The van der Waals surface area contributed by atoms with Crippen LogP contribution in [0, 0.1) is 10.1 Å². The predicted octanol–water partition coefficient (Wildman–Crippen LogP) is 3.53. The van der Waals surface area contributed by atoms with Crippen molar-refractivity contribution in [3.8, 4) is 5.75 Å². The number of H-pyrrole nitrogens is 1. The van der Waals surface area contributed by atoms with Crippen LogP contribution in [0.4, 0.5) is 5.69 Å². The summed E-state index contributed by atoms with van der Waals surface area (Å²) in [5.74, 6) is -0.449. The molecule has 3 N–H and O–H groups in total. The Labute approximate surface area is 185 Å². The average molecular weight is 446 g/mol. The number of para-hydroxylation sites is 1. The molecule has 0 aliphatic heterocycles. The number of nitro benzene ring substituents is 1. The fourth-order valence-corrected chi connectivity index (χ4v) is 4.31. The fourth-order valence-electron chi connectivity index (χ4n) is 4.31. The Hall–Kier alpha value is -4.47. The van der Waals surface area contributed by atoms with Crippen LogP contribution in [0.15, 0.2) is 50.7 Å². The van der Waals surface area contributed by atoms with Gasteiger partial charge in [-0.15, -0.1) is 0 Å². The number of pyridine rings is 1. The number of aromatic hydroxyl groups is 1. The van der Waals surface area contributed by atoms with Crippen molar-refractivity contribution in [2.45, 2.75) is 25.7 Å². The van der Waals surface area contributed by atoms with Gasteiger partial charge in [-0.3, -0.25) is 19.7 Å². The number of hydrogen-bond donors (Lipinski definition) is 3. The van der Waals surface area contributed by atoms with Gasteiger partial charge >= 0.3 is 5.69 Å². The molecule has 1 aliphatic rings. The highest BCUT2D eigenvalue weighted by molar-refractivity contribution is 6.07. The zero-order valence-corrected chi connectivity index (χ0v) is 17.3. The first-order chi connectivity index (χ1) is 15.9. The van der Waals surface area contributed by atoms with Gasteiger partial charge in [-0.2, -0.15) is 5.10 Å². The number of nitro groups is 1. The molecule has 10 nitrogen and oxygen atoms in total. The zero-order chi connectivity index (χ0) is 23.1. The van der Waals surface area contributed by atoms with Gasteiger partial charge in [-0.25, -0.2) is 5.43 Å². The Kier molecular flexibility index (Phi) is 4.89. The minimum atomic E-state index is -0.700. The summed E-state index contributed by atoms with van der Waals surface area (Å²) in [4.78, 5) is 38.1. The minimum Gasteiger partial charge on any atom is -0.502 e. The molecule has 2 aromatic carbocycles. The summed E-state index contributed by atoms with van der Waals surface area (Å²) in [6, 6.07) is 9.22. The predicted molar refractivity (Wildman–Crippen MR) is 121 cm³/mol. The molecule has 0 atom stereocenters. The monoisotopic (exact) mass is 446 g/mol. The molecule has 0 spiro atoms. The molecule has 2 aromatic heterocycles. The van der Waals surface area contributed by atoms with Gasteiger partial charge < -0.3 is 14.5 Å². The summed E-state index contributed by atoms with van der Waals surface area (Å²) < 4.78 is 5.83. The van der Waals surface area contributed by atoms with E-state index >= 15 is 0 Å². The molecule has 0 fully saturated rings. The van der Waals surface area contributed by atoms with Crippen molar-refractivity contribution in [3.05, 3.63) is 79.3 Å². The van der Waals surface area contributed by atoms with Gasteiger partial charge in [0.05, 0.1) is 28.3 Å². The van der Waals surface area contributed by atoms with E-state index in [2.05, 4.69) is 15.5 Å². The molecule has 166 valence electrons. The molecule has 4 aromatic rings. The standard InChI is InChI=1S/C23H18N4O6/c28-20-9-14(12-5-1-3-7-16(12)25-20)23(30)26-24-11-15-21-13-6-2-4-8-18(13)33-19(21)10-17(22(15)29)27(31)32/h1,3,5,7,9-11,29H,2,4,6,8H2,(H,25,28)(H,26,30)/b24-11+. The molecule has 5 rings (SSSR count). The van der Waals surface area contributed by atoms with Crippen molar-refractivity contribution in [2.75, 3.05) is 0 Å². The number of hydrogen-bond acceptors (Lipinski definition) is 7. The van der Waals surface area contributed by atoms with Gasteiger partial charge in [0.2, 0.25) is 11.3 Å². The number of aryl methyl sites for hydroxylation is 2. The second kappa shape index (κ2) is 7.90. The lowest BCUT2D eigenvalue weighted by Crippen LogP contribution is -2.20. The molecule has 10 heteroatoms. The summed E-state index contributed by atoms with van der Waals surface area (Å²) in [6.45, 7) is 0. The van der Waals surface area contributed by atoms with Gasteiger partial charge in [0.1, 0.15) is 11.3 Å². The number of aromatic amines is 1. The number of hydrazone groups is 1. The van der Waals surface area contributed by atoms with E-state index in [0.29, 0.717) is 34.7 Å². The van der Waals surface area contributed by atoms with Gasteiger partial charge in [0.15, 0.2) is 0 Å². The van der Waals surface area contributed by atoms with Crippen molar-refractivity contribution in [3.63, 3.8) is 0 Å². The average Bonchev–Trinajstić information content (AvgIpc) is 3.17. The molecular weight excluding hydrogens is 428 g/mol. The van der Waals surface area contributed by atoms with Gasteiger partial charge in [0, 0.05) is 34.3 Å². The molecule has 0 radical (unpaired) electrons. The molecule has 33 heavy (non-hydrogen) atoms. The Bertz CT molecular complexity index is 1530. The highest BCUT2D eigenvalue weighted by Crippen LogP contribution is 2.41. The van der Waals surface area contributed by atoms with Crippen molar-refractivity contribution in [1.29, 1.82) is 0 Å². The Morgan fingerprint density at radius 2 is 2.03 bits per heavy atom. The molecule has 0 saturated carbocycles. The van der Waals surface area contributed by atoms with E-state index in [9.17, 15) is 24.8 Å². The topological polar surface area (TPSA) is 151 Å². The van der Waals surface area contributed by atoms with Crippen LogP contribution in [0.5, 0.6) is 5.75 Å². The lowest BCUT2D eigenvalue weighted by Gasteiger charge is -2.10. The number of carbonyl (C=O) groups excluding carboxylic acids is 1. The molecule has 1 aliphatic carbocycles. The molecule has 2 heterocycles. The summed E-state index contributed by atoms with van der Waals surface area (Å²) in [6.07, 6.45) is 4.47. The first-order valence-corrected chi connectivity index (χ1v) is 10.3. The van der Waals surface area contributed by atoms with Crippen LogP contribution in [0.1, 0.15) is 40.1 Å². The Balaban J connectivity index is 1.55. The maximum Gasteiger partial charge on any atom is 0.315 e. The lowest BCUT2D eigenvalue weighted by atomic mass is 9.93. The van der Waals surface area contributed by atoms with Gasteiger partial charge in [-0.1, -0.05) is 18.2 Å². The van der Waals surface area contributed by atoms with E-state index < -0.39 is 27.8 Å². The summed E-state index contributed by atoms with van der Waals surface area (Å²) in [5.41, 5.74) is 3.30. The number of rotatable bonds is 4.